The Labute approximate surface area is 167 Å². The molecule has 1 atom stereocenters. The van der Waals surface area contributed by atoms with Gasteiger partial charge < -0.3 is 19.5 Å². The van der Waals surface area contributed by atoms with E-state index in [0.29, 0.717) is 19.8 Å². The summed E-state index contributed by atoms with van der Waals surface area (Å²) in [6.45, 7) is 5.85. The van der Waals surface area contributed by atoms with Crippen molar-refractivity contribution in [3.05, 3.63) is 42.0 Å². The molecule has 1 saturated heterocycles. The third-order valence-corrected chi connectivity index (χ3v) is 6.86. The monoisotopic (exact) mass is 385 g/mol. The number of carbonyl (C=O) groups is 1. The van der Waals surface area contributed by atoms with E-state index in [4.69, 9.17) is 14.2 Å². The Morgan fingerprint density at radius 2 is 2.14 bits per heavy atom. The second kappa shape index (κ2) is 7.88. The molecule has 1 aromatic carbocycles. The highest BCUT2D eigenvalue weighted by Gasteiger charge is 2.58. The summed E-state index contributed by atoms with van der Waals surface area (Å²) in [5, 5.41) is 3.17. The molecule has 1 aromatic rings. The lowest BCUT2D eigenvalue weighted by atomic mass is 9.62. The third kappa shape index (κ3) is 3.15. The molecule has 0 aromatic heterocycles. The predicted octanol–water partition coefficient (Wildman–Crippen LogP) is 3.50. The first-order chi connectivity index (χ1) is 13.6. The molecule has 0 radical (unpaired) electrons. The fourth-order valence-electron chi connectivity index (χ4n) is 5.12. The first-order valence-electron chi connectivity index (χ1n) is 10.5. The second-order valence-electron chi connectivity index (χ2n) is 8.22. The van der Waals surface area contributed by atoms with Gasteiger partial charge in [0.25, 0.3) is 0 Å². The molecule has 1 N–H and O–H groups in total. The highest BCUT2D eigenvalue weighted by atomic mass is 16.7. The van der Waals surface area contributed by atoms with Crippen molar-refractivity contribution in [3.63, 3.8) is 0 Å². The topological polar surface area (TPSA) is 56.8 Å². The van der Waals surface area contributed by atoms with Gasteiger partial charge in [0.1, 0.15) is 5.75 Å². The number of amides is 1. The van der Waals surface area contributed by atoms with Crippen molar-refractivity contribution in [1.82, 2.24) is 5.32 Å². The standard InChI is InChI=1S/C23H31NO4/c1-3-10-22(12-13-24-21(25)18-5-4-6-18)20-16-19(26-2)8-7-17(20)9-11-23(22)27-14-15-28-23/h3,7-8,16,18H,1,4-6,9-15H2,2H3,(H,24,25). The minimum absolute atomic E-state index is 0.184. The minimum Gasteiger partial charge on any atom is -0.497 e. The van der Waals surface area contributed by atoms with Crippen molar-refractivity contribution in [2.75, 3.05) is 26.9 Å². The summed E-state index contributed by atoms with van der Waals surface area (Å²) in [7, 11) is 1.69. The number of rotatable bonds is 7. The number of allylic oxidation sites excluding steroid dienone is 1. The van der Waals surface area contributed by atoms with Crippen molar-refractivity contribution >= 4 is 5.91 Å². The van der Waals surface area contributed by atoms with Crippen molar-refractivity contribution in [3.8, 4) is 5.75 Å². The van der Waals surface area contributed by atoms with Crippen LogP contribution in [0.25, 0.3) is 0 Å². The zero-order valence-electron chi connectivity index (χ0n) is 16.8. The molecule has 2 aliphatic carbocycles. The Kier molecular flexibility index (Phi) is 5.48. The quantitative estimate of drug-likeness (QED) is 0.730. The summed E-state index contributed by atoms with van der Waals surface area (Å²) in [6.07, 6.45) is 8.35. The number of methoxy groups -OCH3 is 1. The fourth-order valence-corrected chi connectivity index (χ4v) is 5.12. The molecule has 0 bridgehead atoms. The average Bonchev–Trinajstić information content (AvgIpc) is 3.13. The summed E-state index contributed by atoms with van der Waals surface area (Å²) in [5.74, 6) is 0.550. The van der Waals surface area contributed by atoms with E-state index in [2.05, 4.69) is 24.0 Å². The molecule has 152 valence electrons. The lowest BCUT2D eigenvalue weighted by Gasteiger charge is -2.51. The van der Waals surface area contributed by atoms with Gasteiger partial charge in [0.05, 0.1) is 25.7 Å². The van der Waals surface area contributed by atoms with Crippen LogP contribution in [-0.4, -0.2) is 38.6 Å². The van der Waals surface area contributed by atoms with Gasteiger partial charge in [-0.3, -0.25) is 4.79 Å². The summed E-state index contributed by atoms with van der Waals surface area (Å²) in [6, 6.07) is 6.30. The number of aryl methyl sites for hydroxylation is 1. The summed E-state index contributed by atoms with van der Waals surface area (Å²) < 4.78 is 18.1. The summed E-state index contributed by atoms with van der Waals surface area (Å²) >= 11 is 0. The number of benzene rings is 1. The Morgan fingerprint density at radius 3 is 2.79 bits per heavy atom. The molecular weight excluding hydrogens is 354 g/mol. The first-order valence-corrected chi connectivity index (χ1v) is 10.5. The molecule has 28 heavy (non-hydrogen) atoms. The molecule has 5 nitrogen and oxygen atoms in total. The van der Waals surface area contributed by atoms with Crippen LogP contribution in [0.1, 0.15) is 49.7 Å². The van der Waals surface area contributed by atoms with Gasteiger partial charge in [-0.15, -0.1) is 6.58 Å². The first kappa shape index (κ1) is 19.5. The highest BCUT2D eigenvalue weighted by molar-refractivity contribution is 5.79. The lowest BCUT2D eigenvalue weighted by Crippen LogP contribution is -2.56. The molecule has 1 heterocycles. The molecule has 1 unspecified atom stereocenters. The van der Waals surface area contributed by atoms with E-state index in [0.717, 1.165) is 50.7 Å². The van der Waals surface area contributed by atoms with Gasteiger partial charge in [-0.25, -0.2) is 0 Å². The zero-order chi connectivity index (χ0) is 19.6. The van der Waals surface area contributed by atoms with E-state index in [1.165, 1.54) is 11.1 Å². The van der Waals surface area contributed by atoms with Gasteiger partial charge in [-0.2, -0.15) is 0 Å². The fraction of sp³-hybridized carbons (Fsp3) is 0.609. The smallest absolute Gasteiger partial charge is 0.223 e. The van der Waals surface area contributed by atoms with Crippen molar-refractivity contribution in [2.24, 2.45) is 5.92 Å². The molecule has 1 aliphatic heterocycles. The summed E-state index contributed by atoms with van der Waals surface area (Å²) in [5.41, 5.74) is 2.12. The van der Waals surface area contributed by atoms with Gasteiger partial charge in [-0.1, -0.05) is 18.6 Å². The normalized spacial score (nSPS) is 25.8. The van der Waals surface area contributed by atoms with Crippen LogP contribution in [0.2, 0.25) is 0 Å². The third-order valence-electron chi connectivity index (χ3n) is 6.86. The SMILES string of the molecule is C=CCC1(CCNC(=O)C2CCC2)c2cc(OC)ccc2CCC12OCCO2. The van der Waals surface area contributed by atoms with E-state index < -0.39 is 5.79 Å². The second-order valence-corrected chi connectivity index (χ2v) is 8.22. The van der Waals surface area contributed by atoms with Crippen molar-refractivity contribution in [2.45, 2.75) is 56.1 Å². The number of fused-ring (bicyclic) bond motifs is 1. The van der Waals surface area contributed by atoms with Crippen LogP contribution in [0.3, 0.4) is 0 Å². The lowest BCUT2D eigenvalue weighted by molar-refractivity contribution is -0.219. The van der Waals surface area contributed by atoms with Crippen LogP contribution in [0.15, 0.2) is 30.9 Å². The van der Waals surface area contributed by atoms with Gasteiger partial charge in [0.2, 0.25) is 5.91 Å². The minimum atomic E-state index is -0.665. The number of nitrogens with one attached hydrogen (secondary N) is 1. The molecule has 3 aliphatic rings. The van der Waals surface area contributed by atoms with Crippen LogP contribution in [0, 0.1) is 5.92 Å². The molecule has 1 saturated carbocycles. The molecule has 1 spiro atoms. The Balaban J connectivity index is 1.67. The van der Waals surface area contributed by atoms with Crippen molar-refractivity contribution in [1.29, 1.82) is 0 Å². The number of ether oxygens (including phenoxy) is 3. The van der Waals surface area contributed by atoms with E-state index in [-0.39, 0.29) is 17.2 Å². The number of carbonyl (C=O) groups excluding carboxylic acids is 1. The van der Waals surface area contributed by atoms with Gasteiger partial charge >= 0.3 is 0 Å². The van der Waals surface area contributed by atoms with Gasteiger partial charge in [-0.05, 0) is 55.4 Å². The van der Waals surface area contributed by atoms with Crippen LogP contribution >= 0.6 is 0 Å². The summed E-state index contributed by atoms with van der Waals surface area (Å²) in [4.78, 5) is 12.4. The van der Waals surface area contributed by atoms with E-state index in [9.17, 15) is 4.79 Å². The van der Waals surface area contributed by atoms with Crippen LogP contribution < -0.4 is 10.1 Å². The van der Waals surface area contributed by atoms with Gasteiger partial charge in [0, 0.05) is 18.9 Å². The predicted molar refractivity (Wildman–Crippen MR) is 107 cm³/mol. The largest absolute Gasteiger partial charge is 0.497 e. The van der Waals surface area contributed by atoms with E-state index in [1.54, 1.807) is 7.11 Å². The molecule has 2 fully saturated rings. The van der Waals surface area contributed by atoms with Gasteiger partial charge in [0.15, 0.2) is 5.79 Å². The molecule has 4 rings (SSSR count). The molecule has 5 heteroatoms. The van der Waals surface area contributed by atoms with Crippen LogP contribution in [-0.2, 0) is 26.1 Å². The molecule has 1 amide bonds. The Bertz CT molecular complexity index is 736. The number of hydrogen-bond donors (Lipinski definition) is 1. The maximum atomic E-state index is 12.4. The van der Waals surface area contributed by atoms with Crippen LogP contribution in [0.4, 0.5) is 0 Å². The molecular formula is C23H31NO4. The van der Waals surface area contributed by atoms with E-state index in [1.807, 2.05) is 12.1 Å². The van der Waals surface area contributed by atoms with E-state index >= 15 is 0 Å². The number of hydrogen-bond acceptors (Lipinski definition) is 4. The zero-order valence-corrected chi connectivity index (χ0v) is 16.8. The maximum Gasteiger partial charge on any atom is 0.223 e. The average molecular weight is 386 g/mol. The Hall–Kier alpha value is -1.85. The highest BCUT2D eigenvalue weighted by Crippen LogP contribution is 2.53. The Morgan fingerprint density at radius 1 is 1.36 bits per heavy atom. The van der Waals surface area contributed by atoms with Crippen molar-refractivity contribution < 1.29 is 19.0 Å². The van der Waals surface area contributed by atoms with Crippen LogP contribution in [0.5, 0.6) is 5.75 Å². The maximum absolute atomic E-state index is 12.4.